The fourth-order valence-corrected chi connectivity index (χ4v) is 4.07. The molecule has 0 aliphatic heterocycles. The van der Waals surface area contributed by atoms with E-state index >= 15 is 0 Å². The fraction of sp³-hybridized carbons (Fsp3) is 0.0800. The largest absolute Gasteiger partial charge is 1.00 e. The molecule has 0 amide bonds. The molecule has 0 nitrogen and oxygen atoms in total. The first-order chi connectivity index (χ1) is 12.9. The van der Waals surface area contributed by atoms with Gasteiger partial charge in [0.2, 0.25) is 0 Å². The molecule has 0 saturated carbocycles. The van der Waals surface area contributed by atoms with E-state index in [-0.39, 0.29) is 30.7 Å². The summed E-state index contributed by atoms with van der Waals surface area (Å²) >= 11 is 1.30. The Morgan fingerprint density at radius 3 is 1.96 bits per heavy atom. The molecule has 0 radical (unpaired) electrons. The average molecular weight is 482 g/mol. The van der Waals surface area contributed by atoms with Gasteiger partial charge in [0, 0.05) is 5.92 Å². The van der Waals surface area contributed by atoms with Gasteiger partial charge in [-0.3, -0.25) is 6.08 Å². The molecule has 2 aliphatic carbocycles. The Bertz CT molecular complexity index is 992. The van der Waals surface area contributed by atoms with Gasteiger partial charge in [0.05, 0.1) is 0 Å². The summed E-state index contributed by atoms with van der Waals surface area (Å²) < 4.78 is 3.34. The zero-order valence-corrected chi connectivity index (χ0v) is 19.2. The normalized spacial score (nSPS) is 17.9. The summed E-state index contributed by atoms with van der Waals surface area (Å²) in [4.78, 5) is 0. The van der Waals surface area contributed by atoms with Gasteiger partial charge in [-0.2, -0.15) is 5.56 Å². The third-order valence-electron chi connectivity index (χ3n) is 5.17. The van der Waals surface area contributed by atoms with E-state index in [1.165, 1.54) is 57.6 Å². The Morgan fingerprint density at radius 1 is 0.679 bits per heavy atom. The number of benzene rings is 3. The summed E-state index contributed by atoms with van der Waals surface area (Å²) in [5.41, 5.74) is 8.16. The Morgan fingerprint density at radius 2 is 1.25 bits per heavy atom. The topological polar surface area (TPSA) is 0 Å². The average Bonchev–Trinajstić information content (AvgIpc) is 3.31. The molecule has 2 aliphatic rings. The molecule has 0 bridgehead atoms. The predicted molar refractivity (Wildman–Crippen MR) is 108 cm³/mol. The third-order valence-corrected chi connectivity index (χ3v) is 5.17. The molecule has 0 spiro atoms. The van der Waals surface area contributed by atoms with E-state index < -0.39 is 0 Å². The van der Waals surface area contributed by atoms with E-state index in [2.05, 4.69) is 101 Å². The van der Waals surface area contributed by atoms with Crippen molar-refractivity contribution in [3.05, 3.63) is 113 Å². The van der Waals surface area contributed by atoms with Crippen LogP contribution in [0.3, 0.4) is 0 Å². The molecule has 3 aromatic rings. The molecule has 0 fully saturated rings. The van der Waals surface area contributed by atoms with Crippen molar-refractivity contribution in [3.63, 3.8) is 0 Å². The summed E-state index contributed by atoms with van der Waals surface area (Å²) in [6, 6.07) is 28.2. The van der Waals surface area contributed by atoms with Crippen LogP contribution < -0.4 is 24.8 Å². The molecular formula is C25H19Cl2Zr-. The van der Waals surface area contributed by atoms with Crippen molar-refractivity contribution in [2.75, 3.05) is 0 Å². The maximum Gasteiger partial charge on any atom is -1.00 e. The van der Waals surface area contributed by atoms with Crippen molar-refractivity contribution in [2.24, 2.45) is 0 Å². The van der Waals surface area contributed by atoms with Crippen LogP contribution in [0.15, 0.2) is 78.9 Å². The van der Waals surface area contributed by atoms with Crippen LogP contribution in [0.4, 0.5) is 0 Å². The van der Waals surface area contributed by atoms with Gasteiger partial charge in [0.1, 0.15) is 0 Å². The maximum absolute atomic E-state index is 3.64. The second kappa shape index (κ2) is 10.3. The molecule has 0 N–H and O–H groups in total. The Kier molecular flexibility index (Phi) is 8.38. The van der Waals surface area contributed by atoms with Gasteiger partial charge in [0.25, 0.3) is 0 Å². The molecule has 0 heterocycles. The second-order valence-electron chi connectivity index (χ2n) is 6.49. The van der Waals surface area contributed by atoms with Gasteiger partial charge in [-0.05, 0) is 22.3 Å². The van der Waals surface area contributed by atoms with E-state index in [9.17, 15) is 0 Å². The summed E-state index contributed by atoms with van der Waals surface area (Å²) in [5, 5.41) is 0. The minimum atomic E-state index is 0. The van der Waals surface area contributed by atoms with Gasteiger partial charge in [-0.15, -0.1) is 11.6 Å². The van der Waals surface area contributed by atoms with Gasteiger partial charge in [0.15, 0.2) is 0 Å². The van der Waals surface area contributed by atoms with Gasteiger partial charge in [-0.25, -0.2) is 6.08 Å². The molecule has 3 aromatic carbocycles. The van der Waals surface area contributed by atoms with Crippen molar-refractivity contribution in [2.45, 2.75) is 11.8 Å². The number of hydrogen-bond acceptors (Lipinski definition) is 0. The summed E-state index contributed by atoms with van der Waals surface area (Å²) in [6.07, 6.45) is 8.15. The van der Waals surface area contributed by atoms with Crippen LogP contribution in [0.5, 0.6) is 0 Å². The standard InChI is InChI=1S/C24H17.CH2.2ClH.Zr/c1-2-8-17(9-3-1)23-16-19-11-5-7-13-21(19)24(23)22-15-14-18-10-4-6-12-20(18)22;;;;/h1-14,16,22,24H;1H2;2*1H;/q-1;;;;+2/p-2. The van der Waals surface area contributed by atoms with Crippen molar-refractivity contribution in [1.82, 2.24) is 0 Å². The van der Waals surface area contributed by atoms with Crippen molar-refractivity contribution in [3.8, 4) is 0 Å². The zero-order valence-electron chi connectivity index (χ0n) is 15.3. The molecule has 138 valence electrons. The second-order valence-corrected chi connectivity index (χ2v) is 6.49. The molecule has 3 heteroatoms. The quantitative estimate of drug-likeness (QED) is 0.449. The van der Waals surface area contributed by atoms with Crippen LogP contribution in [0, 0.1) is 6.08 Å². The smallest absolute Gasteiger partial charge is 1.00 e. The van der Waals surface area contributed by atoms with E-state index in [0.717, 1.165) is 0 Å². The molecule has 5 rings (SSSR count). The molecule has 2 unspecified atom stereocenters. The van der Waals surface area contributed by atoms with Crippen molar-refractivity contribution < 1.29 is 49.0 Å². The van der Waals surface area contributed by atoms with E-state index in [0.29, 0.717) is 5.92 Å². The first kappa shape index (κ1) is 22.8. The Labute approximate surface area is 194 Å². The number of allylic oxidation sites excluding steroid dienone is 2. The number of rotatable bonds is 2. The first-order valence-corrected chi connectivity index (χ1v) is 10.5. The van der Waals surface area contributed by atoms with Crippen molar-refractivity contribution in [1.29, 1.82) is 0 Å². The fourth-order valence-electron chi connectivity index (χ4n) is 4.07. The minimum Gasteiger partial charge on any atom is -1.00 e. The molecule has 28 heavy (non-hydrogen) atoms. The SMILES string of the molecule is [C-]1=Cc2ccccc2C1C1C(c2ccccc2)=Cc2ccccc21.[CH2]=[Zr+2].[Cl-].[Cl-]. The Hall–Kier alpha value is -1.53. The summed E-state index contributed by atoms with van der Waals surface area (Å²) in [5.74, 6) is 0.625. The van der Waals surface area contributed by atoms with Crippen LogP contribution in [-0.2, 0) is 24.2 Å². The van der Waals surface area contributed by atoms with E-state index in [1.807, 2.05) is 0 Å². The van der Waals surface area contributed by atoms with Gasteiger partial charge in [-0.1, -0.05) is 84.8 Å². The number of fused-ring (bicyclic) bond motifs is 2. The third kappa shape index (κ3) is 4.08. The van der Waals surface area contributed by atoms with E-state index in [1.54, 1.807) is 0 Å². The Balaban J connectivity index is 0.000000680. The summed E-state index contributed by atoms with van der Waals surface area (Å²) in [6.45, 7) is 0. The molecule has 2 atom stereocenters. The maximum atomic E-state index is 3.64. The zero-order chi connectivity index (χ0) is 17.9. The van der Waals surface area contributed by atoms with Gasteiger partial charge < -0.3 is 24.8 Å². The number of hydrogen-bond donors (Lipinski definition) is 0. The molecule has 0 saturated heterocycles. The van der Waals surface area contributed by atoms with Crippen LogP contribution >= 0.6 is 0 Å². The monoisotopic (exact) mass is 479 g/mol. The number of halogens is 2. The van der Waals surface area contributed by atoms with Crippen LogP contribution in [0.2, 0.25) is 0 Å². The molecular weight excluding hydrogens is 462 g/mol. The summed E-state index contributed by atoms with van der Waals surface area (Å²) in [7, 11) is 0. The van der Waals surface area contributed by atoms with Crippen LogP contribution in [-0.4, -0.2) is 4.21 Å². The molecule has 0 aromatic heterocycles. The predicted octanol–water partition coefficient (Wildman–Crippen LogP) is -0.0886. The van der Waals surface area contributed by atoms with Crippen LogP contribution in [0.1, 0.15) is 39.7 Å². The van der Waals surface area contributed by atoms with Crippen LogP contribution in [0.25, 0.3) is 17.7 Å². The van der Waals surface area contributed by atoms with Gasteiger partial charge >= 0.3 is 28.4 Å². The van der Waals surface area contributed by atoms with Crippen molar-refractivity contribution >= 4 is 21.9 Å². The first-order valence-electron chi connectivity index (χ1n) is 8.81. The minimum absolute atomic E-state index is 0. The van der Waals surface area contributed by atoms with E-state index in [4.69, 9.17) is 0 Å².